The number of hydrogen-bond acceptors (Lipinski definition) is 4. The van der Waals surface area contributed by atoms with Crippen molar-refractivity contribution in [1.82, 2.24) is 0 Å². The summed E-state index contributed by atoms with van der Waals surface area (Å²) in [6.07, 6.45) is 5.21. The molecule has 0 N–H and O–H groups in total. The average Bonchev–Trinajstić information content (AvgIpc) is 2.47. The summed E-state index contributed by atoms with van der Waals surface area (Å²) in [7, 11) is 0. The molecule has 1 fully saturated rings. The van der Waals surface area contributed by atoms with Gasteiger partial charge in [-0.1, -0.05) is 12.1 Å². The first-order valence-electron chi connectivity index (χ1n) is 7.02. The molecule has 0 saturated carbocycles. The SMILES string of the molecule is O=C(CCC1CCCCO1)Cc1ccc([N+](=O)[O-])cc1. The molecule has 1 heterocycles. The summed E-state index contributed by atoms with van der Waals surface area (Å²) in [5, 5.41) is 10.5. The molecule has 1 aromatic carbocycles. The lowest BCUT2D eigenvalue weighted by Crippen LogP contribution is -2.20. The highest BCUT2D eigenvalue weighted by Crippen LogP contribution is 2.18. The number of nitro benzene ring substituents is 1. The molecule has 1 saturated heterocycles. The zero-order valence-electron chi connectivity index (χ0n) is 11.4. The van der Waals surface area contributed by atoms with E-state index >= 15 is 0 Å². The molecule has 0 bridgehead atoms. The topological polar surface area (TPSA) is 69.4 Å². The first kappa shape index (κ1) is 14.7. The van der Waals surface area contributed by atoms with Gasteiger partial charge in [0.2, 0.25) is 0 Å². The molecule has 5 heteroatoms. The van der Waals surface area contributed by atoms with Crippen LogP contribution in [0.5, 0.6) is 0 Å². The fourth-order valence-electron chi connectivity index (χ4n) is 2.41. The average molecular weight is 277 g/mol. The number of rotatable bonds is 6. The molecule has 2 rings (SSSR count). The van der Waals surface area contributed by atoms with E-state index in [-0.39, 0.29) is 17.6 Å². The third-order valence-corrected chi connectivity index (χ3v) is 3.57. The van der Waals surface area contributed by atoms with Crippen molar-refractivity contribution >= 4 is 11.5 Å². The highest BCUT2D eigenvalue weighted by Gasteiger charge is 2.15. The molecule has 0 spiro atoms. The van der Waals surface area contributed by atoms with E-state index in [1.807, 2.05) is 0 Å². The number of nitro groups is 1. The summed E-state index contributed by atoms with van der Waals surface area (Å²) in [6, 6.07) is 6.17. The number of ketones is 1. The maximum absolute atomic E-state index is 11.9. The van der Waals surface area contributed by atoms with Gasteiger partial charge in [0.1, 0.15) is 5.78 Å². The summed E-state index contributed by atoms with van der Waals surface area (Å²) >= 11 is 0. The Kier molecular flexibility index (Phi) is 5.24. The maximum atomic E-state index is 11.9. The number of benzene rings is 1. The Morgan fingerprint density at radius 2 is 2.05 bits per heavy atom. The van der Waals surface area contributed by atoms with Gasteiger partial charge in [-0.3, -0.25) is 14.9 Å². The third kappa shape index (κ3) is 4.42. The number of hydrogen-bond donors (Lipinski definition) is 0. The summed E-state index contributed by atoms with van der Waals surface area (Å²) in [5.41, 5.74) is 0.877. The molecule has 1 aromatic rings. The van der Waals surface area contributed by atoms with Gasteiger partial charge in [-0.2, -0.15) is 0 Å². The lowest BCUT2D eigenvalue weighted by molar-refractivity contribution is -0.384. The second-order valence-electron chi connectivity index (χ2n) is 5.17. The Morgan fingerprint density at radius 1 is 1.30 bits per heavy atom. The van der Waals surface area contributed by atoms with Crippen molar-refractivity contribution in [1.29, 1.82) is 0 Å². The van der Waals surface area contributed by atoms with Crippen molar-refractivity contribution in [2.24, 2.45) is 0 Å². The molecule has 0 amide bonds. The van der Waals surface area contributed by atoms with Gasteiger partial charge < -0.3 is 4.74 Å². The van der Waals surface area contributed by atoms with Crippen LogP contribution < -0.4 is 0 Å². The van der Waals surface area contributed by atoms with Crippen LogP contribution >= 0.6 is 0 Å². The summed E-state index contributed by atoms with van der Waals surface area (Å²) in [5.74, 6) is 0.160. The summed E-state index contributed by atoms with van der Waals surface area (Å²) < 4.78 is 5.59. The van der Waals surface area contributed by atoms with Gasteiger partial charge in [0.05, 0.1) is 11.0 Å². The van der Waals surface area contributed by atoms with Gasteiger partial charge in [0.15, 0.2) is 0 Å². The molecule has 20 heavy (non-hydrogen) atoms. The minimum Gasteiger partial charge on any atom is -0.378 e. The van der Waals surface area contributed by atoms with Gasteiger partial charge in [-0.15, -0.1) is 0 Å². The predicted molar refractivity (Wildman–Crippen MR) is 74.6 cm³/mol. The van der Waals surface area contributed by atoms with Gasteiger partial charge in [-0.05, 0) is 31.2 Å². The quantitative estimate of drug-likeness (QED) is 0.592. The van der Waals surface area contributed by atoms with E-state index in [0.717, 1.165) is 31.4 Å². The zero-order valence-corrected chi connectivity index (χ0v) is 11.4. The first-order valence-corrected chi connectivity index (χ1v) is 7.02. The molecular formula is C15H19NO4. The highest BCUT2D eigenvalue weighted by atomic mass is 16.6. The van der Waals surface area contributed by atoms with Crippen LogP contribution in [0.3, 0.4) is 0 Å². The predicted octanol–water partition coefficient (Wildman–Crippen LogP) is 3.06. The molecule has 1 aliphatic heterocycles. The first-order chi connectivity index (χ1) is 9.65. The zero-order chi connectivity index (χ0) is 14.4. The Bertz CT molecular complexity index is 463. The van der Waals surface area contributed by atoms with Crippen LogP contribution in [0.25, 0.3) is 0 Å². The van der Waals surface area contributed by atoms with E-state index in [1.165, 1.54) is 18.6 Å². The highest BCUT2D eigenvalue weighted by molar-refractivity contribution is 5.80. The number of ether oxygens (including phenoxy) is 1. The molecule has 5 nitrogen and oxygen atoms in total. The smallest absolute Gasteiger partial charge is 0.269 e. The van der Waals surface area contributed by atoms with Gasteiger partial charge in [0, 0.05) is 31.6 Å². The van der Waals surface area contributed by atoms with Crippen LogP contribution in [0.4, 0.5) is 5.69 Å². The van der Waals surface area contributed by atoms with Crippen molar-refractivity contribution in [2.75, 3.05) is 6.61 Å². The van der Waals surface area contributed by atoms with E-state index in [4.69, 9.17) is 4.74 Å². The van der Waals surface area contributed by atoms with Crippen LogP contribution in [0, 0.1) is 10.1 Å². The number of carbonyl (C=O) groups excluding carboxylic acids is 1. The monoisotopic (exact) mass is 277 g/mol. The van der Waals surface area contributed by atoms with Crippen LogP contribution in [0.1, 0.15) is 37.7 Å². The Hall–Kier alpha value is -1.75. The minimum absolute atomic E-state index is 0.0526. The number of non-ortho nitro benzene ring substituents is 1. The molecule has 108 valence electrons. The minimum atomic E-state index is -0.438. The lowest BCUT2D eigenvalue weighted by atomic mass is 10.0. The molecule has 0 aromatic heterocycles. The van der Waals surface area contributed by atoms with E-state index < -0.39 is 4.92 Å². The molecule has 1 aliphatic rings. The lowest BCUT2D eigenvalue weighted by Gasteiger charge is -2.22. The van der Waals surface area contributed by atoms with E-state index in [0.29, 0.717) is 12.8 Å². The van der Waals surface area contributed by atoms with E-state index in [2.05, 4.69) is 0 Å². The molecular weight excluding hydrogens is 258 g/mol. The second-order valence-corrected chi connectivity index (χ2v) is 5.17. The largest absolute Gasteiger partial charge is 0.378 e. The second kappa shape index (κ2) is 7.14. The van der Waals surface area contributed by atoms with Crippen molar-refractivity contribution in [3.63, 3.8) is 0 Å². The van der Waals surface area contributed by atoms with Crippen molar-refractivity contribution in [2.45, 2.75) is 44.6 Å². The normalized spacial score (nSPS) is 18.7. The van der Waals surface area contributed by atoms with E-state index in [9.17, 15) is 14.9 Å². The fourth-order valence-corrected chi connectivity index (χ4v) is 2.41. The van der Waals surface area contributed by atoms with Crippen molar-refractivity contribution in [3.8, 4) is 0 Å². The molecule has 0 aliphatic carbocycles. The summed E-state index contributed by atoms with van der Waals surface area (Å²) in [4.78, 5) is 22.0. The Labute approximate surface area is 118 Å². The van der Waals surface area contributed by atoms with Crippen LogP contribution in [-0.2, 0) is 16.0 Å². The van der Waals surface area contributed by atoms with E-state index in [1.54, 1.807) is 12.1 Å². The number of nitrogens with zero attached hydrogens (tertiary/aromatic N) is 1. The number of carbonyl (C=O) groups is 1. The van der Waals surface area contributed by atoms with Crippen LogP contribution in [0.2, 0.25) is 0 Å². The number of Topliss-reactive ketones (excluding diaryl/α,β-unsaturated/α-hetero) is 1. The van der Waals surface area contributed by atoms with Crippen molar-refractivity contribution < 1.29 is 14.5 Å². The Balaban J connectivity index is 1.77. The van der Waals surface area contributed by atoms with Gasteiger partial charge in [-0.25, -0.2) is 0 Å². The van der Waals surface area contributed by atoms with Gasteiger partial charge in [0.25, 0.3) is 5.69 Å². The summed E-state index contributed by atoms with van der Waals surface area (Å²) in [6.45, 7) is 0.807. The third-order valence-electron chi connectivity index (χ3n) is 3.57. The van der Waals surface area contributed by atoms with Crippen LogP contribution in [-0.4, -0.2) is 23.4 Å². The molecule has 0 radical (unpaired) electrons. The Morgan fingerprint density at radius 3 is 2.65 bits per heavy atom. The van der Waals surface area contributed by atoms with Crippen molar-refractivity contribution in [3.05, 3.63) is 39.9 Å². The van der Waals surface area contributed by atoms with Gasteiger partial charge >= 0.3 is 0 Å². The molecule has 1 atom stereocenters. The maximum Gasteiger partial charge on any atom is 0.269 e. The standard InChI is InChI=1S/C15H19NO4/c17-14(8-9-15-3-1-2-10-20-15)11-12-4-6-13(7-5-12)16(18)19/h4-7,15H,1-3,8-11H2. The van der Waals surface area contributed by atoms with Crippen LogP contribution in [0.15, 0.2) is 24.3 Å². The fraction of sp³-hybridized carbons (Fsp3) is 0.533. The molecule has 1 unspecified atom stereocenters.